The zero-order valence-corrected chi connectivity index (χ0v) is 8.22. The molecule has 1 aromatic heterocycles. The van der Waals surface area contributed by atoms with Gasteiger partial charge in [0.15, 0.2) is 0 Å². The number of hydrogen-bond donors (Lipinski definition) is 0. The summed E-state index contributed by atoms with van der Waals surface area (Å²) in [5.41, 5.74) is 4.62. The molecule has 66 valence electrons. The zero-order chi connectivity index (χ0) is 9.26. The average Bonchev–Trinajstić information content (AvgIpc) is 2.49. The minimum absolute atomic E-state index is 0.814. The van der Waals surface area contributed by atoms with E-state index in [0.717, 1.165) is 12.3 Å². The summed E-state index contributed by atoms with van der Waals surface area (Å²) in [4.78, 5) is 0. The van der Waals surface area contributed by atoms with Crippen molar-refractivity contribution in [1.29, 1.82) is 0 Å². The molecule has 0 aliphatic heterocycles. The van der Waals surface area contributed by atoms with Crippen LogP contribution in [0.4, 0.5) is 0 Å². The topological polar surface area (TPSA) is 0 Å². The molecule has 0 spiro atoms. The molecule has 0 N–H and O–H groups in total. The van der Waals surface area contributed by atoms with E-state index in [1.54, 1.807) is 11.1 Å². The van der Waals surface area contributed by atoms with Gasteiger partial charge in [-0.25, -0.2) is 0 Å². The molecule has 0 bridgehead atoms. The van der Waals surface area contributed by atoms with Gasteiger partial charge in [0.05, 0.1) is 0 Å². The van der Waals surface area contributed by atoms with Gasteiger partial charge in [-0.1, -0.05) is 0 Å². The van der Waals surface area contributed by atoms with Gasteiger partial charge >= 0.3 is 80.3 Å². The summed E-state index contributed by atoms with van der Waals surface area (Å²) in [6, 6.07) is 2.27. The monoisotopic (exact) mass is 170 g/mol. The molecule has 0 saturated heterocycles. The second-order valence-electron chi connectivity index (χ2n) is 4.01. The van der Waals surface area contributed by atoms with Crippen LogP contribution >= 0.6 is 0 Å². The fraction of sp³-hybridized carbons (Fsp3) is 0.417. The van der Waals surface area contributed by atoms with Gasteiger partial charge in [0.25, 0.3) is 0 Å². The van der Waals surface area contributed by atoms with Gasteiger partial charge in [-0.15, -0.1) is 0 Å². The van der Waals surface area contributed by atoms with Crippen molar-refractivity contribution in [3.05, 3.63) is 41.3 Å². The fourth-order valence-electron chi connectivity index (χ4n) is 2.32. The van der Waals surface area contributed by atoms with Crippen LogP contribution in [0.25, 0.3) is 0 Å². The summed E-state index contributed by atoms with van der Waals surface area (Å²) in [6.45, 7) is 8.24. The third kappa shape index (κ3) is 1.60. The predicted molar refractivity (Wildman–Crippen MR) is 58.2 cm³/mol. The molecule has 1 aliphatic rings. The van der Waals surface area contributed by atoms with Crippen molar-refractivity contribution in [2.45, 2.75) is 26.2 Å². The third-order valence-electron chi connectivity index (χ3n) is 3.01. The van der Waals surface area contributed by atoms with Crippen molar-refractivity contribution in [1.82, 2.24) is 0 Å². The number of rotatable bonds is 2. The standard InChI is InChI=1S/C12H15B/c1-3-4-10-7-11-5-6-13-9(2)12(11)8-10/h3,5-6,10H,1,4,7-8H2,2H3. The molecule has 1 atom stereocenters. The summed E-state index contributed by atoms with van der Waals surface area (Å²) >= 11 is 0. The van der Waals surface area contributed by atoms with Crippen LogP contribution in [0.1, 0.15) is 23.0 Å². The molecule has 0 radical (unpaired) electrons. The third-order valence-corrected chi connectivity index (χ3v) is 3.01. The van der Waals surface area contributed by atoms with Gasteiger partial charge in [-0.2, -0.15) is 0 Å². The van der Waals surface area contributed by atoms with E-state index in [9.17, 15) is 0 Å². The summed E-state index contributed by atoms with van der Waals surface area (Å²) in [6.07, 6.45) is 5.72. The van der Waals surface area contributed by atoms with Crippen LogP contribution in [-0.4, -0.2) is 6.91 Å². The molecule has 1 heterocycles. The van der Waals surface area contributed by atoms with E-state index in [0.29, 0.717) is 0 Å². The first kappa shape index (κ1) is 8.74. The Balaban J connectivity index is 2.24. The molecule has 0 nitrogen and oxygen atoms in total. The minimum atomic E-state index is 0.814. The first-order valence-corrected chi connectivity index (χ1v) is 4.99. The molecule has 0 aromatic carbocycles. The maximum absolute atomic E-state index is 3.81. The zero-order valence-electron chi connectivity index (χ0n) is 8.22. The first-order valence-electron chi connectivity index (χ1n) is 4.99. The van der Waals surface area contributed by atoms with Crippen molar-refractivity contribution >= 4 is 6.91 Å². The molecule has 1 unspecified atom stereocenters. The Morgan fingerprint density at radius 1 is 1.62 bits per heavy atom. The summed E-state index contributed by atoms with van der Waals surface area (Å²) in [7, 11) is 0. The number of fused-ring (bicyclic) bond motifs is 1. The van der Waals surface area contributed by atoms with E-state index in [-0.39, 0.29) is 0 Å². The molecular formula is C12H15B. The molecule has 13 heavy (non-hydrogen) atoms. The van der Waals surface area contributed by atoms with Gasteiger partial charge in [0.2, 0.25) is 0 Å². The van der Waals surface area contributed by atoms with Crippen molar-refractivity contribution in [2.24, 2.45) is 5.92 Å². The van der Waals surface area contributed by atoms with Crippen LogP contribution in [0.2, 0.25) is 0 Å². The van der Waals surface area contributed by atoms with Gasteiger partial charge in [-0.3, -0.25) is 0 Å². The Morgan fingerprint density at radius 3 is 3.15 bits per heavy atom. The normalized spacial score (nSPS) is 19.6. The second kappa shape index (κ2) is 3.49. The maximum atomic E-state index is 3.81. The quantitative estimate of drug-likeness (QED) is 0.598. The van der Waals surface area contributed by atoms with E-state index in [2.05, 4.69) is 32.4 Å². The fourth-order valence-corrected chi connectivity index (χ4v) is 2.32. The van der Waals surface area contributed by atoms with E-state index in [1.165, 1.54) is 18.3 Å². The van der Waals surface area contributed by atoms with Crippen molar-refractivity contribution in [3.63, 3.8) is 0 Å². The van der Waals surface area contributed by atoms with Crippen molar-refractivity contribution in [2.75, 3.05) is 0 Å². The SMILES string of the molecule is C=CCC1Cc2ccbc(C)c2C1. The Kier molecular flexibility index (Phi) is 2.35. The predicted octanol–water partition coefficient (Wildman–Crippen LogP) is 2.62. The summed E-state index contributed by atoms with van der Waals surface area (Å²) in [5, 5.41) is 0. The number of aryl methyl sites for hydroxylation is 1. The molecule has 1 aliphatic carbocycles. The Hall–Kier alpha value is -0.845. The van der Waals surface area contributed by atoms with Crippen LogP contribution < -0.4 is 0 Å². The van der Waals surface area contributed by atoms with Crippen molar-refractivity contribution in [3.8, 4) is 0 Å². The Bertz CT molecular complexity index is 328. The molecule has 1 heteroatoms. The van der Waals surface area contributed by atoms with E-state index in [4.69, 9.17) is 0 Å². The molecule has 1 aromatic rings. The van der Waals surface area contributed by atoms with Crippen LogP contribution in [0.3, 0.4) is 0 Å². The molecule has 0 amide bonds. The van der Waals surface area contributed by atoms with Crippen LogP contribution in [0, 0.1) is 12.8 Å². The van der Waals surface area contributed by atoms with Gasteiger partial charge in [0.1, 0.15) is 0 Å². The molecule has 0 fully saturated rings. The average molecular weight is 170 g/mol. The van der Waals surface area contributed by atoms with Crippen molar-refractivity contribution < 1.29 is 0 Å². The first-order chi connectivity index (χ1) is 6.31. The molecular weight excluding hydrogens is 155 g/mol. The van der Waals surface area contributed by atoms with Gasteiger partial charge < -0.3 is 0 Å². The summed E-state index contributed by atoms with van der Waals surface area (Å²) < 4.78 is 0. The van der Waals surface area contributed by atoms with Gasteiger partial charge in [0, 0.05) is 0 Å². The van der Waals surface area contributed by atoms with E-state index in [1.807, 2.05) is 6.08 Å². The molecule has 2 rings (SSSR count). The Morgan fingerprint density at radius 2 is 2.46 bits per heavy atom. The van der Waals surface area contributed by atoms with E-state index >= 15 is 0 Å². The summed E-state index contributed by atoms with van der Waals surface area (Å²) in [5.74, 6) is 2.98. The van der Waals surface area contributed by atoms with Gasteiger partial charge in [-0.05, 0) is 0 Å². The second-order valence-corrected chi connectivity index (χ2v) is 4.01. The molecule has 0 saturated carbocycles. The number of hydrogen-bond acceptors (Lipinski definition) is 0. The number of allylic oxidation sites excluding steroid dienone is 1. The van der Waals surface area contributed by atoms with Crippen LogP contribution in [0.5, 0.6) is 0 Å². The van der Waals surface area contributed by atoms with E-state index < -0.39 is 0 Å². The van der Waals surface area contributed by atoms with Crippen LogP contribution in [-0.2, 0) is 12.8 Å². The van der Waals surface area contributed by atoms with Crippen LogP contribution in [0.15, 0.2) is 24.7 Å². The Labute approximate surface area is 80.9 Å².